The van der Waals surface area contributed by atoms with Crippen LogP contribution in [0.2, 0.25) is 5.02 Å². The van der Waals surface area contributed by atoms with Gasteiger partial charge in [-0.2, -0.15) is 0 Å². The van der Waals surface area contributed by atoms with E-state index in [1.54, 1.807) is 42.1 Å². The van der Waals surface area contributed by atoms with Crippen molar-refractivity contribution in [3.05, 3.63) is 99.8 Å². The van der Waals surface area contributed by atoms with Crippen molar-refractivity contribution in [3.8, 4) is 5.75 Å². The number of allylic oxidation sites excluding steroid dienone is 3. The molecule has 0 bridgehead atoms. The van der Waals surface area contributed by atoms with Gasteiger partial charge in [-0.15, -0.1) is 11.8 Å². The van der Waals surface area contributed by atoms with Gasteiger partial charge in [-0.1, -0.05) is 48.0 Å². The molecule has 44 heavy (non-hydrogen) atoms. The lowest BCUT2D eigenvalue weighted by atomic mass is 9.90. The quantitative estimate of drug-likeness (QED) is 0.285. The number of ether oxygens (including phenoxy) is 1. The van der Waals surface area contributed by atoms with Crippen LogP contribution in [-0.2, 0) is 0 Å². The Labute approximate surface area is 263 Å². The Bertz CT molecular complexity index is 1540. The van der Waals surface area contributed by atoms with Crippen LogP contribution in [0.15, 0.2) is 93.4 Å². The zero-order valence-corrected chi connectivity index (χ0v) is 25.4. The van der Waals surface area contributed by atoms with Crippen LogP contribution in [0.4, 0.5) is 18.0 Å². The van der Waals surface area contributed by atoms with Gasteiger partial charge in [0.25, 0.3) is 0 Å². The molecule has 4 aliphatic heterocycles. The van der Waals surface area contributed by atoms with Crippen molar-refractivity contribution >= 4 is 41.0 Å². The van der Waals surface area contributed by atoms with E-state index in [9.17, 15) is 18.0 Å². The maximum atomic E-state index is 14.1. The van der Waals surface area contributed by atoms with E-state index in [0.29, 0.717) is 43.0 Å². The molecule has 230 valence electrons. The molecule has 1 amide bonds. The number of carbonyl (C=O) groups is 1. The Hall–Kier alpha value is -3.50. The Balaban J connectivity index is 1.29. The molecular formula is C33H32ClF3N4O2S. The number of amides is 1. The topological polar surface area (TPSA) is 66.3 Å². The van der Waals surface area contributed by atoms with Crippen molar-refractivity contribution in [2.45, 2.75) is 55.9 Å². The normalized spacial score (nSPS) is 24.2. The van der Waals surface area contributed by atoms with E-state index >= 15 is 0 Å². The van der Waals surface area contributed by atoms with Crippen LogP contribution in [0.3, 0.4) is 0 Å². The van der Waals surface area contributed by atoms with Crippen LogP contribution in [0.5, 0.6) is 5.75 Å². The number of rotatable bonds is 10. The summed E-state index contributed by atoms with van der Waals surface area (Å²) in [6, 6.07) is 12.4. The van der Waals surface area contributed by atoms with E-state index < -0.39 is 24.4 Å². The van der Waals surface area contributed by atoms with Gasteiger partial charge in [-0.25, -0.2) is 18.0 Å². The van der Waals surface area contributed by atoms with Gasteiger partial charge < -0.3 is 15.0 Å². The van der Waals surface area contributed by atoms with E-state index in [4.69, 9.17) is 26.3 Å². The van der Waals surface area contributed by atoms with Crippen molar-refractivity contribution in [1.82, 2.24) is 10.2 Å². The summed E-state index contributed by atoms with van der Waals surface area (Å²) >= 11 is 8.34. The average molecular weight is 641 g/mol. The summed E-state index contributed by atoms with van der Waals surface area (Å²) in [5, 5.41) is 5.33. The molecular weight excluding hydrogens is 609 g/mol. The number of para-hydroxylation sites is 1. The molecule has 0 aliphatic carbocycles. The van der Waals surface area contributed by atoms with Crippen molar-refractivity contribution in [2.24, 2.45) is 15.9 Å². The first-order chi connectivity index (χ1) is 21.4. The molecule has 6 rings (SSSR count). The van der Waals surface area contributed by atoms with Gasteiger partial charge in [0.15, 0.2) is 0 Å². The minimum atomic E-state index is -2.39. The van der Waals surface area contributed by atoms with Crippen LogP contribution in [0.1, 0.15) is 43.7 Å². The molecule has 4 atom stereocenters. The van der Waals surface area contributed by atoms with Gasteiger partial charge in [-0.05, 0) is 67.4 Å². The summed E-state index contributed by atoms with van der Waals surface area (Å²) in [6.45, 7) is 1.14. The number of carbonyl (C=O) groups excluding carboxylic acids is 1. The number of aliphatic imine (C=N–C) groups is 2. The Morgan fingerprint density at radius 2 is 2.00 bits per heavy atom. The lowest BCUT2D eigenvalue weighted by Gasteiger charge is -2.35. The van der Waals surface area contributed by atoms with E-state index in [0.717, 1.165) is 23.5 Å². The van der Waals surface area contributed by atoms with Gasteiger partial charge >= 0.3 is 6.09 Å². The second-order valence-corrected chi connectivity index (χ2v) is 12.7. The summed E-state index contributed by atoms with van der Waals surface area (Å²) in [6.07, 6.45) is 5.26. The summed E-state index contributed by atoms with van der Waals surface area (Å²) in [4.78, 5) is 24.8. The molecule has 4 aliphatic rings. The molecule has 0 saturated carbocycles. The van der Waals surface area contributed by atoms with Crippen molar-refractivity contribution < 1.29 is 22.7 Å². The number of amidine groups is 1. The van der Waals surface area contributed by atoms with E-state index in [-0.39, 0.29) is 35.1 Å². The molecule has 4 heterocycles. The van der Waals surface area contributed by atoms with Crippen LogP contribution in [0.25, 0.3) is 0 Å². The smallest absolute Gasteiger partial charge is 0.410 e. The number of thioether (sulfide) groups is 1. The number of benzene rings is 2. The van der Waals surface area contributed by atoms with Gasteiger partial charge in [0.1, 0.15) is 23.4 Å². The maximum Gasteiger partial charge on any atom is 0.412 e. The third-order valence-corrected chi connectivity index (χ3v) is 9.53. The number of hydrogen-bond donors (Lipinski definition) is 1. The minimum Gasteiger partial charge on any atom is -0.410 e. The van der Waals surface area contributed by atoms with Gasteiger partial charge in [-0.3, -0.25) is 9.98 Å². The second kappa shape index (κ2) is 13.6. The Morgan fingerprint density at radius 3 is 2.75 bits per heavy atom. The highest BCUT2D eigenvalue weighted by Crippen LogP contribution is 2.46. The number of halogens is 4. The maximum absolute atomic E-state index is 14.1. The van der Waals surface area contributed by atoms with E-state index in [2.05, 4.69) is 21.7 Å². The van der Waals surface area contributed by atoms with Crippen LogP contribution in [-0.4, -0.2) is 53.3 Å². The molecule has 2 aromatic rings. The first kappa shape index (κ1) is 30.5. The highest BCUT2D eigenvalue weighted by atomic mass is 35.5. The van der Waals surface area contributed by atoms with Crippen LogP contribution < -0.4 is 10.1 Å². The first-order valence-corrected chi connectivity index (χ1v) is 16.1. The lowest BCUT2D eigenvalue weighted by Crippen LogP contribution is -2.39. The fourth-order valence-electron chi connectivity index (χ4n) is 6.06. The highest BCUT2D eigenvalue weighted by Gasteiger charge is 2.42. The van der Waals surface area contributed by atoms with Crippen molar-refractivity contribution in [3.63, 3.8) is 0 Å². The highest BCUT2D eigenvalue weighted by molar-refractivity contribution is 8.03. The summed E-state index contributed by atoms with van der Waals surface area (Å²) < 4.78 is 45.4. The standard InChI is InChI=1S/C33H32ClF3N4O2S/c34-25-18-21(35)8-11-24(25)31-30(26-12-9-22(39-26)10-13-29(36)37)27-17-20(19-41(27)32(40-31)28-7-4-16-44-28)14-15-38-33(42)43-23-5-2-1-3-6-23/h1-6,8-9,11-12,16,18,20,22,28-29,31H,7,10,13-15,17,19H2,(H,38,42)/t20-,22?,28?,31-/m0/s1. The number of nitrogens with one attached hydrogen (secondary N) is 1. The monoisotopic (exact) mass is 640 g/mol. The molecule has 6 nitrogen and oxygen atoms in total. The van der Waals surface area contributed by atoms with Crippen molar-refractivity contribution in [1.29, 1.82) is 0 Å². The fourth-order valence-corrected chi connectivity index (χ4v) is 7.27. The minimum absolute atomic E-state index is 0.117. The van der Waals surface area contributed by atoms with E-state index in [1.807, 2.05) is 18.2 Å². The van der Waals surface area contributed by atoms with Gasteiger partial charge in [0, 0.05) is 41.4 Å². The number of fused-ring (bicyclic) bond motifs is 1. The molecule has 0 aromatic heterocycles. The molecule has 2 aromatic carbocycles. The third kappa shape index (κ3) is 6.91. The molecule has 1 fully saturated rings. The fraction of sp³-hybridized carbons (Fsp3) is 0.364. The molecule has 11 heteroatoms. The number of nitrogens with zero attached hydrogens (tertiary/aromatic N) is 3. The first-order valence-electron chi connectivity index (χ1n) is 14.7. The number of hydrogen-bond acceptors (Lipinski definition) is 6. The van der Waals surface area contributed by atoms with Crippen molar-refractivity contribution in [2.75, 3.05) is 13.1 Å². The molecule has 2 unspecified atom stereocenters. The Morgan fingerprint density at radius 1 is 1.16 bits per heavy atom. The SMILES string of the molecule is O=C(NCC[C@H]1CC2=C(C3=NC(CCC(F)F)C=C3)[C@H](c3ccc(F)cc3Cl)N=C(C3CC=CS3)N2C1)Oc1ccccc1. The molecule has 0 radical (unpaired) electrons. The molecule has 1 saturated heterocycles. The largest absolute Gasteiger partial charge is 0.412 e. The second-order valence-electron chi connectivity index (χ2n) is 11.2. The third-order valence-electron chi connectivity index (χ3n) is 8.12. The average Bonchev–Trinajstić information content (AvgIpc) is 3.78. The van der Waals surface area contributed by atoms with Gasteiger partial charge in [0.2, 0.25) is 6.43 Å². The predicted molar refractivity (Wildman–Crippen MR) is 169 cm³/mol. The van der Waals surface area contributed by atoms with E-state index in [1.165, 1.54) is 12.1 Å². The summed E-state index contributed by atoms with van der Waals surface area (Å²) in [5.74, 6) is 1.17. The predicted octanol–water partition coefficient (Wildman–Crippen LogP) is 8.13. The van der Waals surface area contributed by atoms with Crippen LogP contribution >= 0.6 is 23.4 Å². The van der Waals surface area contributed by atoms with Crippen LogP contribution in [0, 0.1) is 11.7 Å². The zero-order chi connectivity index (χ0) is 30.6. The summed E-state index contributed by atoms with van der Waals surface area (Å²) in [5.41, 5.74) is 3.29. The molecule has 1 N–H and O–H groups in total. The molecule has 0 spiro atoms. The summed E-state index contributed by atoms with van der Waals surface area (Å²) in [7, 11) is 0. The lowest BCUT2D eigenvalue weighted by molar-refractivity contribution is 0.134. The number of alkyl halides is 2. The zero-order valence-electron chi connectivity index (χ0n) is 23.8. The van der Waals surface area contributed by atoms with Gasteiger partial charge in [0.05, 0.1) is 17.0 Å². The Kier molecular flexibility index (Phi) is 9.47.